The Labute approximate surface area is 234 Å². The van der Waals surface area contributed by atoms with E-state index >= 15 is 0 Å². The summed E-state index contributed by atoms with van der Waals surface area (Å²) in [6.07, 6.45) is 3.84. The van der Waals surface area contributed by atoms with Crippen LogP contribution in [0.4, 0.5) is 0 Å². The van der Waals surface area contributed by atoms with E-state index < -0.39 is 0 Å². The fourth-order valence-electron chi connectivity index (χ4n) is 6.26. The minimum atomic E-state index is 0.619. The maximum Gasteiger partial charge on any atom is 0.236 e. The molecule has 9 aromatic rings. The standard InChI is InChI=1S/C36H22N4O/c1-2-11-24(12-3-1)39-21-19-29-31(39)18-17-28-26-14-6-7-16-32(26)40(34(28)29)36-37-30-20-22-41-35(30)33(38-36)27-15-8-10-23-9-4-5-13-25(23)27/h1-22H. The largest absolute Gasteiger partial charge is 0.460 e. The number of hydrogen-bond donors (Lipinski definition) is 0. The van der Waals surface area contributed by atoms with Crippen LogP contribution in [-0.4, -0.2) is 19.1 Å². The van der Waals surface area contributed by atoms with Crippen molar-refractivity contribution in [2.45, 2.75) is 0 Å². The molecule has 4 aromatic heterocycles. The summed E-state index contributed by atoms with van der Waals surface area (Å²) in [5.41, 5.74) is 7.67. The van der Waals surface area contributed by atoms with Gasteiger partial charge >= 0.3 is 0 Å². The Kier molecular flexibility index (Phi) is 4.55. The van der Waals surface area contributed by atoms with E-state index in [9.17, 15) is 0 Å². The summed E-state index contributed by atoms with van der Waals surface area (Å²) >= 11 is 0. The smallest absolute Gasteiger partial charge is 0.236 e. The number of nitrogens with zero attached hydrogens (tertiary/aromatic N) is 4. The molecule has 0 unspecified atom stereocenters. The van der Waals surface area contributed by atoms with Crippen molar-refractivity contribution in [1.29, 1.82) is 0 Å². The lowest BCUT2D eigenvalue weighted by Gasteiger charge is -2.11. The van der Waals surface area contributed by atoms with Crippen molar-refractivity contribution in [3.8, 4) is 22.9 Å². The lowest BCUT2D eigenvalue weighted by molar-refractivity contribution is 0.614. The summed E-state index contributed by atoms with van der Waals surface area (Å²) in [7, 11) is 0. The molecule has 0 saturated carbocycles. The van der Waals surface area contributed by atoms with Crippen molar-refractivity contribution in [3.05, 3.63) is 134 Å². The molecule has 0 N–H and O–H groups in total. The zero-order chi connectivity index (χ0) is 26.9. The third-order valence-corrected chi connectivity index (χ3v) is 8.07. The van der Waals surface area contributed by atoms with Gasteiger partial charge in [-0.2, -0.15) is 0 Å². The molecule has 5 aromatic carbocycles. The van der Waals surface area contributed by atoms with E-state index in [1.165, 1.54) is 10.8 Å². The van der Waals surface area contributed by atoms with Gasteiger partial charge in [0.25, 0.3) is 0 Å². The van der Waals surface area contributed by atoms with Gasteiger partial charge in [0.05, 0.1) is 22.8 Å². The van der Waals surface area contributed by atoms with Crippen molar-refractivity contribution in [2.24, 2.45) is 0 Å². The van der Waals surface area contributed by atoms with Crippen molar-refractivity contribution >= 4 is 54.6 Å². The molecular formula is C36H22N4O. The number of fused-ring (bicyclic) bond motifs is 7. The van der Waals surface area contributed by atoms with Gasteiger partial charge in [-0.25, -0.2) is 9.97 Å². The van der Waals surface area contributed by atoms with Crippen LogP contribution in [0.2, 0.25) is 0 Å². The molecule has 0 amide bonds. The van der Waals surface area contributed by atoms with Crippen LogP contribution in [0, 0.1) is 0 Å². The topological polar surface area (TPSA) is 48.8 Å². The molecule has 5 nitrogen and oxygen atoms in total. The Bertz CT molecular complexity index is 2420. The average Bonchev–Trinajstić information content (AvgIpc) is 3.76. The van der Waals surface area contributed by atoms with Gasteiger partial charge in [-0.1, -0.05) is 84.9 Å². The third-order valence-electron chi connectivity index (χ3n) is 8.07. The number of benzene rings is 5. The minimum Gasteiger partial charge on any atom is -0.460 e. The third kappa shape index (κ3) is 3.17. The van der Waals surface area contributed by atoms with Gasteiger partial charge in [0, 0.05) is 39.7 Å². The Hall–Kier alpha value is -5.68. The van der Waals surface area contributed by atoms with Crippen LogP contribution in [0.3, 0.4) is 0 Å². The Morgan fingerprint density at radius 3 is 2.29 bits per heavy atom. The zero-order valence-corrected chi connectivity index (χ0v) is 21.9. The highest BCUT2D eigenvalue weighted by molar-refractivity contribution is 6.18. The molecule has 0 bridgehead atoms. The van der Waals surface area contributed by atoms with Gasteiger partial charge in [0.15, 0.2) is 5.58 Å². The predicted octanol–water partition coefficient (Wildman–Crippen LogP) is 9.08. The van der Waals surface area contributed by atoms with Crippen molar-refractivity contribution in [1.82, 2.24) is 19.1 Å². The average molecular weight is 527 g/mol. The molecule has 4 heterocycles. The molecular weight excluding hydrogens is 504 g/mol. The van der Waals surface area contributed by atoms with Crippen LogP contribution in [0.15, 0.2) is 138 Å². The van der Waals surface area contributed by atoms with E-state index in [1.54, 1.807) is 6.26 Å². The molecule has 0 atom stereocenters. The Morgan fingerprint density at radius 2 is 1.37 bits per heavy atom. The van der Waals surface area contributed by atoms with Crippen LogP contribution in [-0.2, 0) is 0 Å². The second-order valence-corrected chi connectivity index (χ2v) is 10.3. The fourth-order valence-corrected chi connectivity index (χ4v) is 6.26. The summed E-state index contributed by atoms with van der Waals surface area (Å²) in [5, 5.41) is 5.76. The molecule has 192 valence electrons. The first-order valence-corrected chi connectivity index (χ1v) is 13.7. The summed E-state index contributed by atoms with van der Waals surface area (Å²) in [4.78, 5) is 10.3. The quantitative estimate of drug-likeness (QED) is 0.231. The first kappa shape index (κ1) is 22.2. The van der Waals surface area contributed by atoms with E-state index in [4.69, 9.17) is 14.4 Å². The van der Waals surface area contributed by atoms with Crippen LogP contribution in [0.5, 0.6) is 0 Å². The summed E-state index contributed by atoms with van der Waals surface area (Å²) < 4.78 is 10.4. The molecule has 0 spiro atoms. The molecule has 9 rings (SSSR count). The summed E-state index contributed by atoms with van der Waals surface area (Å²) in [6, 6.07) is 42.2. The van der Waals surface area contributed by atoms with Crippen molar-refractivity contribution in [2.75, 3.05) is 0 Å². The first-order valence-electron chi connectivity index (χ1n) is 13.7. The van der Waals surface area contributed by atoms with E-state index in [2.05, 4.69) is 125 Å². The van der Waals surface area contributed by atoms with Gasteiger partial charge in [-0.15, -0.1) is 0 Å². The van der Waals surface area contributed by atoms with E-state index in [0.717, 1.165) is 55.2 Å². The predicted molar refractivity (Wildman–Crippen MR) is 166 cm³/mol. The number of rotatable bonds is 3. The molecule has 0 fully saturated rings. The number of hydrogen-bond acceptors (Lipinski definition) is 3. The first-order chi connectivity index (χ1) is 20.3. The second-order valence-electron chi connectivity index (χ2n) is 10.3. The number of furan rings is 1. The minimum absolute atomic E-state index is 0.619. The van der Waals surface area contributed by atoms with Gasteiger partial charge in [-0.05, 0) is 41.1 Å². The lowest BCUT2D eigenvalue weighted by atomic mass is 10.0. The molecule has 0 aliphatic heterocycles. The van der Waals surface area contributed by atoms with Gasteiger partial charge in [0.1, 0.15) is 11.2 Å². The SMILES string of the molecule is c1ccc(-n2ccc3c2ccc2c4ccccc4n(-c4nc(-c5cccc6ccccc56)c5occc5n4)c23)cc1. The molecule has 41 heavy (non-hydrogen) atoms. The van der Waals surface area contributed by atoms with Gasteiger partial charge in [0.2, 0.25) is 5.95 Å². The van der Waals surface area contributed by atoms with E-state index in [-0.39, 0.29) is 0 Å². The highest BCUT2D eigenvalue weighted by Gasteiger charge is 2.21. The van der Waals surface area contributed by atoms with Crippen LogP contribution in [0.25, 0.3) is 77.5 Å². The van der Waals surface area contributed by atoms with Crippen LogP contribution in [0.1, 0.15) is 0 Å². The monoisotopic (exact) mass is 526 g/mol. The van der Waals surface area contributed by atoms with E-state index in [1.807, 2.05) is 12.1 Å². The molecule has 0 radical (unpaired) electrons. The van der Waals surface area contributed by atoms with Crippen LogP contribution < -0.4 is 0 Å². The number of para-hydroxylation sites is 2. The zero-order valence-electron chi connectivity index (χ0n) is 21.9. The summed E-state index contributed by atoms with van der Waals surface area (Å²) in [5.74, 6) is 0.619. The maximum atomic E-state index is 5.98. The van der Waals surface area contributed by atoms with E-state index in [0.29, 0.717) is 11.5 Å². The molecule has 0 aliphatic carbocycles. The Morgan fingerprint density at radius 1 is 0.561 bits per heavy atom. The molecule has 0 saturated heterocycles. The van der Waals surface area contributed by atoms with Crippen LogP contribution >= 0.6 is 0 Å². The van der Waals surface area contributed by atoms with Gasteiger partial charge in [-0.3, -0.25) is 4.57 Å². The second kappa shape index (κ2) is 8.41. The number of aromatic nitrogens is 4. The molecule has 0 aliphatic rings. The normalized spacial score (nSPS) is 11.9. The Balaban J connectivity index is 1.40. The van der Waals surface area contributed by atoms with Crippen molar-refractivity contribution in [3.63, 3.8) is 0 Å². The van der Waals surface area contributed by atoms with Gasteiger partial charge < -0.3 is 8.98 Å². The lowest BCUT2D eigenvalue weighted by Crippen LogP contribution is -2.03. The van der Waals surface area contributed by atoms with Crippen molar-refractivity contribution < 1.29 is 4.42 Å². The molecule has 5 heteroatoms. The summed E-state index contributed by atoms with van der Waals surface area (Å²) in [6.45, 7) is 0. The highest BCUT2D eigenvalue weighted by atomic mass is 16.3. The highest BCUT2D eigenvalue weighted by Crippen LogP contribution is 2.39. The fraction of sp³-hybridized carbons (Fsp3) is 0. The maximum absolute atomic E-state index is 5.98.